The maximum atomic E-state index is 12.1. The lowest BCUT2D eigenvalue weighted by molar-refractivity contribution is 0.0906. The summed E-state index contributed by atoms with van der Waals surface area (Å²) in [5.74, 6) is 0.145. The fourth-order valence-electron chi connectivity index (χ4n) is 2.00. The van der Waals surface area contributed by atoms with Gasteiger partial charge >= 0.3 is 0 Å². The van der Waals surface area contributed by atoms with Gasteiger partial charge < -0.3 is 4.74 Å². The van der Waals surface area contributed by atoms with Gasteiger partial charge in [0.05, 0.1) is 13.2 Å². The van der Waals surface area contributed by atoms with Gasteiger partial charge in [0, 0.05) is 22.7 Å². The van der Waals surface area contributed by atoms with Gasteiger partial charge in [-0.15, -0.1) is 0 Å². The van der Waals surface area contributed by atoms with Gasteiger partial charge in [-0.25, -0.2) is 0 Å². The normalized spacial score (nSPS) is 19.8. The molecule has 1 saturated heterocycles. The minimum atomic E-state index is 0.145. The Morgan fingerprint density at radius 2 is 2.29 bits per heavy atom. The van der Waals surface area contributed by atoms with E-state index in [9.17, 15) is 4.79 Å². The van der Waals surface area contributed by atoms with E-state index in [4.69, 9.17) is 4.74 Å². The van der Waals surface area contributed by atoms with Crippen LogP contribution in [0.1, 0.15) is 16.8 Å². The van der Waals surface area contributed by atoms with Crippen LogP contribution in [0.2, 0.25) is 0 Å². The van der Waals surface area contributed by atoms with Gasteiger partial charge in [-0.3, -0.25) is 9.69 Å². The zero-order valence-corrected chi connectivity index (χ0v) is 11.4. The third-order valence-corrected chi connectivity index (χ3v) is 3.79. The maximum Gasteiger partial charge on any atom is 0.177 e. The van der Waals surface area contributed by atoms with E-state index >= 15 is 0 Å². The average Bonchev–Trinajstić information content (AvgIpc) is 2.82. The van der Waals surface area contributed by atoms with Gasteiger partial charge in [-0.1, -0.05) is 34.1 Å². The second-order valence-electron chi connectivity index (χ2n) is 4.34. The van der Waals surface area contributed by atoms with Gasteiger partial charge in [0.25, 0.3) is 0 Å². The van der Waals surface area contributed by atoms with Crippen molar-refractivity contribution in [3.8, 4) is 0 Å². The van der Waals surface area contributed by atoms with E-state index in [1.54, 1.807) is 0 Å². The van der Waals surface area contributed by atoms with Crippen LogP contribution in [-0.2, 0) is 4.74 Å². The number of Topliss-reactive ketones (excluding diaryl/α,β-unsaturated/α-hetero) is 1. The molecule has 1 atom stereocenters. The molecule has 0 saturated carbocycles. The molecule has 1 aromatic carbocycles. The zero-order valence-electron chi connectivity index (χ0n) is 9.86. The molecule has 2 rings (SSSR count). The number of rotatable bonds is 4. The largest absolute Gasteiger partial charge is 0.380 e. The molecule has 0 radical (unpaired) electrons. The van der Waals surface area contributed by atoms with Crippen molar-refractivity contribution in [3.63, 3.8) is 0 Å². The molecule has 17 heavy (non-hydrogen) atoms. The summed E-state index contributed by atoms with van der Waals surface area (Å²) in [4.78, 5) is 14.2. The summed E-state index contributed by atoms with van der Waals surface area (Å²) >= 11 is 3.41. The fraction of sp³-hybridized carbons (Fsp3) is 0.462. The molecule has 1 heterocycles. The minimum absolute atomic E-state index is 0.145. The van der Waals surface area contributed by atoms with Gasteiger partial charge in [0.2, 0.25) is 0 Å². The van der Waals surface area contributed by atoms with Crippen LogP contribution < -0.4 is 0 Å². The summed E-state index contributed by atoms with van der Waals surface area (Å²) in [6.07, 6.45) is 1.01. The van der Waals surface area contributed by atoms with Crippen LogP contribution in [0.4, 0.5) is 0 Å². The van der Waals surface area contributed by atoms with Crippen molar-refractivity contribution in [3.05, 3.63) is 34.3 Å². The first-order chi connectivity index (χ1) is 8.18. The lowest BCUT2D eigenvalue weighted by atomic mass is 10.1. The predicted octanol–water partition coefficient (Wildman–Crippen LogP) is 2.35. The predicted molar refractivity (Wildman–Crippen MR) is 70.3 cm³/mol. The number of hydrogen-bond donors (Lipinski definition) is 0. The number of halogens is 1. The molecule has 0 aliphatic carbocycles. The molecule has 1 aromatic rings. The van der Waals surface area contributed by atoms with Crippen LogP contribution in [0.25, 0.3) is 0 Å². The Bertz CT molecular complexity index is 402. The Hall–Kier alpha value is -0.710. The van der Waals surface area contributed by atoms with E-state index in [-0.39, 0.29) is 5.78 Å². The number of benzene rings is 1. The first-order valence-corrected chi connectivity index (χ1v) is 6.53. The number of ketones is 1. The first-order valence-electron chi connectivity index (χ1n) is 5.74. The highest BCUT2D eigenvalue weighted by Gasteiger charge is 2.22. The number of likely N-dealkylation sites (N-methyl/N-ethyl adjacent to an activating group) is 1. The zero-order chi connectivity index (χ0) is 12.3. The summed E-state index contributed by atoms with van der Waals surface area (Å²) in [5, 5.41) is 0. The molecule has 1 fully saturated rings. The Balaban J connectivity index is 1.99. The van der Waals surface area contributed by atoms with Crippen molar-refractivity contribution in [2.75, 3.05) is 26.8 Å². The van der Waals surface area contributed by atoms with E-state index < -0.39 is 0 Å². The van der Waals surface area contributed by atoms with Crippen molar-refractivity contribution in [2.24, 2.45) is 0 Å². The van der Waals surface area contributed by atoms with Crippen LogP contribution in [0, 0.1) is 0 Å². The average molecular weight is 298 g/mol. The number of hydrogen-bond acceptors (Lipinski definition) is 3. The molecular weight excluding hydrogens is 282 g/mol. The monoisotopic (exact) mass is 297 g/mol. The Kier molecular flexibility index (Phi) is 4.31. The van der Waals surface area contributed by atoms with Crippen molar-refractivity contribution >= 4 is 21.7 Å². The van der Waals surface area contributed by atoms with E-state index in [2.05, 4.69) is 20.8 Å². The lowest BCUT2D eigenvalue weighted by Crippen LogP contribution is -2.36. The minimum Gasteiger partial charge on any atom is -0.380 e. The second kappa shape index (κ2) is 5.76. The highest BCUT2D eigenvalue weighted by Crippen LogP contribution is 2.18. The SMILES string of the molecule is CN(CC(=O)c1ccccc1Br)C1CCOC1. The summed E-state index contributed by atoms with van der Waals surface area (Å²) in [6, 6.07) is 7.92. The van der Waals surface area contributed by atoms with Crippen LogP contribution >= 0.6 is 15.9 Å². The van der Waals surface area contributed by atoms with Gasteiger partial charge in [-0.2, -0.15) is 0 Å². The van der Waals surface area contributed by atoms with Crippen molar-refractivity contribution in [1.82, 2.24) is 4.90 Å². The summed E-state index contributed by atoms with van der Waals surface area (Å²) < 4.78 is 6.19. The number of carbonyl (C=O) groups excluding carboxylic acids is 1. The molecule has 0 spiro atoms. The van der Waals surface area contributed by atoms with Gasteiger partial charge in [0.1, 0.15) is 0 Å². The molecule has 1 aliphatic heterocycles. The van der Waals surface area contributed by atoms with Crippen molar-refractivity contribution in [2.45, 2.75) is 12.5 Å². The molecular formula is C13H16BrNO2. The quantitative estimate of drug-likeness (QED) is 0.799. The molecule has 0 N–H and O–H groups in total. The Labute approximate surface area is 110 Å². The molecule has 1 aliphatic rings. The Morgan fingerprint density at radius 1 is 1.53 bits per heavy atom. The smallest absolute Gasteiger partial charge is 0.177 e. The molecule has 0 aromatic heterocycles. The fourth-order valence-corrected chi connectivity index (χ4v) is 2.50. The van der Waals surface area contributed by atoms with Crippen molar-refractivity contribution < 1.29 is 9.53 Å². The van der Waals surface area contributed by atoms with Crippen molar-refractivity contribution in [1.29, 1.82) is 0 Å². The molecule has 0 amide bonds. The number of nitrogens with zero attached hydrogens (tertiary/aromatic N) is 1. The summed E-state index contributed by atoms with van der Waals surface area (Å²) in [6.45, 7) is 1.98. The lowest BCUT2D eigenvalue weighted by Gasteiger charge is -2.22. The van der Waals surface area contributed by atoms with Gasteiger partial charge in [-0.05, 0) is 19.5 Å². The molecule has 3 nitrogen and oxygen atoms in total. The van der Waals surface area contributed by atoms with Gasteiger partial charge in [0.15, 0.2) is 5.78 Å². The topological polar surface area (TPSA) is 29.5 Å². The molecule has 92 valence electrons. The van der Waals surface area contributed by atoms with Crippen LogP contribution in [0.3, 0.4) is 0 Å². The first kappa shape index (κ1) is 12.7. The standard InChI is InChI=1S/C13H16BrNO2/c1-15(10-6-7-17-9-10)8-13(16)11-4-2-3-5-12(11)14/h2-5,10H,6-9H2,1H3. The Morgan fingerprint density at radius 3 is 2.94 bits per heavy atom. The van der Waals surface area contributed by atoms with Crippen LogP contribution in [-0.4, -0.2) is 43.5 Å². The van der Waals surface area contributed by atoms with E-state index in [0.717, 1.165) is 29.7 Å². The molecule has 0 bridgehead atoms. The summed E-state index contributed by atoms with van der Waals surface area (Å²) in [5.41, 5.74) is 0.748. The van der Waals surface area contributed by atoms with E-state index in [1.165, 1.54) is 0 Å². The third-order valence-electron chi connectivity index (χ3n) is 3.10. The number of ether oxygens (including phenoxy) is 1. The van der Waals surface area contributed by atoms with Crippen LogP contribution in [0.5, 0.6) is 0 Å². The highest BCUT2D eigenvalue weighted by molar-refractivity contribution is 9.10. The molecule has 4 heteroatoms. The molecule has 1 unspecified atom stereocenters. The van der Waals surface area contributed by atoms with E-state index in [0.29, 0.717) is 12.6 Å². The third kappa shape index (κ3) is 3.15. The van der Waals surface area contributed by atoms with Crippen LogP contribution in [0.15, 0.2) is 28.7 Å². The maximum absolute atomic E-state index is 12.1. The van der Waals surface area contributed by atoms with E-state index in [1.807, 2.05) is 31.3 Å². The number of carbonyl (C=O) groups is 1. The highest BCUT2D eigenvalue weighted by atomic mass is 79.9. The second-order valence-corrected chi connectivity index (χ2v) is 5.19. The summed E-state index contributed by atoms with van der Waals surface area (Å²) in [7, 11) is 1.98.